The highest BCUT2D eigenvalue weighted by molar-refractivity contribution is 6.21. The maximum Gasteiger partial charge on any atom is 0.237 e. The third-order valence-corrected chi connectivity index (χ3v) is 2.75. The van der Waals surface area contributed by atoms with Crippen molar-refractivity contribution in [1.29, 1.82) is 5.26 Å². The molecule has 0 spiro atoms. The average molecular weight is 229 g/mol. The normalized spacial score (nSPS) is 19.5. The third kappa shape index (κ3) is 1.74. The van der Waals surface area contributed by atoms with E-state index in [2.05, 4.69) is 0 Å². The Kier molecular flexibility index (Phi) is 2.56. The molecule has 0 aromatic heterocycles. The van der Waals surface area contributed by atoms with E-state index in [-0.39, 0.29) is 29.7 Å². The summed E-state index contributed by atoms with van der Waals surface area (Å²) in [4.78, 5) is 24.6. The summed E-state index contributed by atoms with van der Waals surface area (Å²) in [5.41, 5.74) is 6.54. The first kappa shape index (κ1) is 11.1. The summed E-state index contributed by atoms with van der Waals surface area (Å²) in [6.07, 6.45) is 0.189. The second-order valence-corrected chi connectivity index (χ2v) is 4.06. The molecule has 1 unspecified atom stereocenters. The highest BCUT2D eigenvalue weighted by Gasteiger charge is 2.37. The number of nitrogens with zero attached hydrogens (tertiary/aromatic N) is 2. The Morgan fingerprint density at radius 2 is 2.18 bits per heavy atom. The molecular weight excluding hydrogens is 218 g/mol. The fraction of sp³-hybridized carbons (Fsp3) is 0.250. The molecule has 1 saturated heterocycles. The highest BCUT2D eigenvalue weighted by atomic mass is 16.2. The van der Waals surface area contributed by atoms with Crippen molar-refractivity contribution in [3.8, 4) is 6.07 Å². The van der Waals surface area contributed by atoms with E-state index in [4.69, 9.17) is 11.0 Å². The summed E-state index contributed by atoms with van der Waals surface area (Å²) in [6.45, 7) is 1.70. The van der Waals surface area contributed by atoms with E-state index >= 15 is 0 Å². The van der Waals surface area contributed by atoms with Gasteiger partial charge in [-0.1, -0.05) is 6.92 Å². The molecule has 0 bridgehead atoms. The number of hydrogen-bond donors (Lipinski definition) is 1. The van der Waals surface area contributed by atoms with E-state index in [0.717, 1.165) is 4.90 Å². The average Bonchev–Trinajstić information content (AvgIpc) is 2.54. The fourth-order valence-electron chi connectivity index (χ4n) is 1.88. The quantitative estimate of drug-likeness (QED) is 0.575. The van der Waals surface area contributed by atoms with E-state index in [9.17, 15) is 9.59 Å². The van der Waals surface area contributed by atoms with Crippen molar-refractivity contribution >= 4 is 23.2 Å². The van der Waals surface area contributed by atoms with Gasteiger partial charge in [-0.05, 0) is 18.2 Å². The largest absolute Gasteiger partial charge is 0.399 e. The maximum absolute atomic E-state index is 11.8. The fourth-order valence-corrected chi connectivity index (χ4v) is 1.88. The molecule has 5 heteroatoms. The predicted octanol–water partition coefficient (Wildman–Crippen LogP) is 1.04. The standard InChI is InChI=1S/C12H11N3O2/c1-7-4-11(16)15(12(7)17)10-3-2-9(14)5-8(10)6-13/h2-3,5,7H,4,14H2,1H3. The zero-order valence-electron chi connectivity index (χ0n) is 9.30. The second-order valence-electron chi connectivity index (χ2n) is 4.06. The first-order valence-electron chi connectivity index (χ1n) is 5.21. The van der Waals surface area contributed by atoms with Crippen molar-refractivity contribution in [2.45, 2.75) is 13.3 Å². The van der Waals surface area contributed by atoms with E-state index in [0.29, 0.717) is 11.4 Å². The Morgan fingerprint density at radius 3 is 2.71 bits per heavy atom. The van der Waals surface area contributed by atoms with Crippen molar-refractivity contribution < 1.29 is 9.59 Å². The Bertz CT molecular complexity index is 545. The smallest absolute Gasteiger partial charge is 0.237 e. The van der Waals surface area contributed by atoms with Crippen molar-refractivity contribution in [3.05, 3.63) is 23.8 Å². The Labute approximate surface area is 98.4 Å². The number of carbonyl (C=O) groups excluding carboxylic acids is 2. The molecule has 2 N–H and O–H groups in total. The number of anilines is 2. The van der Waals surface area contributed by atoms with Crippen LogP contribution in [0.2, 0.25) is 0 Å². The molecule has 0 saturated carbocycles. The van der Waals surface area contributed by atoms with Gasteiger partial charge in [0.05, 0.1) is 11.3 Å². The minimum absolute atomic E-state index is 0.189. The number of imide groups is 1. The molecule has 1 heterocycles. The van der Waals surface area contributed by atoms with Crippen molar-refractivity contribution in [2.24, 2.45) is 5.92 Å². The molecule has 2 rings (SSSR count). The highest BCUT2D eigenvalue weighted by Crippen LogP contribution is 2.29. The first-order chi connectivity index (χ1) is 8.04. The molecule has 5 nitrogen and oxygen atoms in total. The second kappa shape index (κ2) is 3.91. The maximum atomic E-state index is 11.8. The van der Waals surface area contributed by atoms with Gasteiger partial charge in [0, 0.05) is 18.0 Å². The molecule has 1 aromatic carbocycles. The number of rotatable bonds is 1. The molecule has 17 heavy (non-hydrogen) atoms. The molecule has 1 atom stereocenters. The van der Waals surface area contributed by atoms with Crippen LogP contribution in [-0.2, 0) is 9.59 Å². The van der Waals surface area contributed by atoms with Crippen LogP contribution in [0.4, 0.5) is 11.4 Å². The lowest BCUT2D eigenvalue weighted by Gasteiger charge is -2.16. The number of nitriles is 1. The first-order valence-corrected chi connectivity index (χ1v) is 5.21. The summed E-state index contributed by atoms with van der Waals surface area (Å²) in [6, 6.07) is 6.50. The van der Waals surface area contributed by atoms with Crippen LogP contribution in [-0.4, -0.2) is 11.8 Å². The van der Waals surface area contributed by atoms with Gasteiger partial charge in [-0.15, -0.1) is 0 Å². The summed E-state index contributed by atoms with van der Waals surface area (Å²) in [5.74, 6) is -0.869. The Balaban J connectivity index is 2.52. The van der Waals surface area contributed by atoms with Crippen LogP contribution in [0, 0.1) is 17.2 Å². The van der Waals surface area contributed by atoms with E-state index in [1.54, 1.807) is 13.0 Å². The number of amides is 2. The molecule has 1 aromatic rings. The van der Waals surface area contributed by atoms with Crippen LogP contribution >= 0.6 is 0 Å². The lowest BCUT2D eigenvalue weighted by atomic mass is 10.1. The molecule has 2 amide bonds. The minimum Gasteiger partial charge on any atom is -0.399 e. The molecule has 0 aliphatic carbocycles. The van der Waals surface area contributed by atoms with Gasteiger partial charge in [-0.3, -0.25) is 9.59 Å². The predicted molar refractivity (Wildman–Crippen MR) is 61.8 cm³/mol. The zero-order chi connectivity index (χ0) is 12.6. The van der Waals surface area contributed by atoms with Crippen molar-refractivity contribution in [3.63, 3.8) is 0 Å². The van der Waals surface area contributed by atoms with Crippen LogP contribution < -0.4 is 10.6 Å². The van der Waals surface area contributed by atoms with Crippen LogP contribution in [0.15, 0.2) is 18.2 Å². The third-order valence-electron chi connectivity index (χ3n) is 2.75. The van der Waals surface area contributed by atoms with Gasteiger partial charge in [0.1, 0.15) is 6.07 Å². The lowest BCUT2D eigenvalue weighted by Crippen LogP contribution is -2.30. The molecular formula is C12H11N3O2. The van der Waals surface area contributed by atoms with Gasteiger partial charge < -0.3 is 5.73 Å². The van der Waals surface area contributed by atoms with Crippen molar-refractivity contribution in [1.82, 2.24) is 0 Å². The summed E-state index contributed by atoms with van der Waals surface area (Å²) >= 11 is 0. The number of hydrogen-bond acceptors (Lipinski definition) is 4. The van der Waals surface area contributed by atoms with Crippen LogP contribution in [0.1, 0.15) is 18.9 Å². The van der Waals surface area contributed by atoms with Crippen LogP contribution in [0.25, 0.3) is 0 Å². The molecule has 1 fully saturated rings. The zero-order valence-corrected chi connectivity index (χ0v) is 9.30. The van der Waals surface area contributed by atoms with Gasteiger partial charge in [0.2, 0.25) is 11.8 Å². The molecule has 0 radical (unpaired) electrons. The molecule has 86 valence electrons. The van der Waals surface area contributed by atoms with E-state index in [1.165, 1.54) is 12.1 Å². The SMILES string of the molecule is CC1CC(=O)N(c2ccc(N)cc2C#N)C1=O. The Hall–Kier alpha value is -2.35. The number of nitrogen functional groups attached to an aromatic ring is 1. The number of benzene rings is 1. The Morgan fingerprint density at radius 1 is 1.47 bits per heavy atom. The summed E-state index contributed by atoms with van der Waals surface area (Å²) in [5, 5.41) is 8.99. The van der Waals surface area contributed by atoms with Gasteiger partial charge in [-0.2, -0.15) is 5.26 Å². The monoisotopic (exact) mass is 229 g/mol. The lowest BCUT2D eigenvalue weighted by molar-refractivity contribution is -0.122. The summed E-state index contributed by atoms with van der Waals surface area (Å²) < 4.78 is 0. The topological polar surface area (TPSA) is 87.2 Å². The van der Waals surface area contributed by atoms with Crippen LogP contribution in [0.5, 0.6) is 0 Å². The van der Waals surface area contributed by atoms with Gasteiger partial charge in [-0.25, -0.2) is 4.90 Å². The van der Waals surface area contributed by atoms with Gasteiger partial charge in [0.25, 0.3) is 0 Å². The minimum atomic E-state index is -0.327. The molecule has 1 aliphatic heterocycles. The van der Waals surface area contributed by atoms with E-state index in [1.807, 2.05) is 6.07 Å². The van der Waals surface area contributed by atoms with Gasteiger partial charge in [0.15, 0.2) is 0 Å². The van der Waals surface area contributed by atoms with Crippen molar-refractivity contribution in [2.75, 3.05) is 10.6 Å². The summed E-state index contributed by atoms with van der Waals surface area (Å²) in [7, 11) is 0. The number of nitrogens with two attached hydrogens (primary N) is 1. The van der Waals surface area contributed by atoms with E-state index < -0.39 is 0 Å². The number of carbonyl (C=O) groups is 2. The van der Waals surface area contributed by atoms with Gasteiger partial charge >= 0.3 is 0 Å². The molecule has 1 aliphatic rings. The van der Waals surface area contributed by atoms with Crippen LogP contribution in [0.3, 0.4) is 0 Å².